The van der Waals surface area contributed by atoms with Crippen LogP contribution in [0.2, 0.25) is 0 Å². The van der Waals surface area contributed by atoms with Crippen molar-refractivity contribution in [2.24, 2.45) is 0 Å². The van der Waals surface area contributed by atoms with Gasteiger partial charge in [-0.15, -0.1) is 11.8 Å². The first-order valence-corrected chi connectivity index (χ1v) is 13.1. The summed E-state index contributed by atoms with van der Waals surface area (Å²) in [5.41, 5.74) is 5.98. The van der Waals surface area contributed by atoms with Crippen molar-refractivity contribution in [1.29, 1.82) is 0 Å². The molecule has 188 valence electrons. The van der Waals surface area contributed by atoms with Gasteiger partial charge in [-0.3, -0.25) is 9.36 Å². The number of allylic oxidation sites excluding steroid dienone is 2. The fourth-order valence-electron chi connectivity index (χ4n) is 5.24. The van der Waals surface area contributed by atoms with E-state index in [4.69, 9.17) is 14.2 Å². The summed E-state index contributed by atoms with van der Waals surface area (Å²) < 4.78 is 27.2. The topological polar surface area (TPSA) is 73.4 Å². The summed E-state index contributed by atoms with van der Waals surface area (Å²) in [6.45, 7) is 3.82. The van der Waals surface area contributed by atoms with Gasteiger partial charge in [-0.1, -0.05) is 11.2 Å². The van der Waals surface area contributed by atoms with Crippen molar-refractivity contribution in [3.8, 4) is 16.9 Å². The standard InChI is InChI=1S/C28H25FN4O3S/c1-16-27(17(2)36-31-16)18-4-6-23-22(14-18)30-28(33(23)19-10-12-37-13-11-19)24-7-9-26(34)32(24)20-5-8-25(35-3)21(29)15-20/h4-6,8,10-12,14-15,24H,7,9,13H2,1-3H3/t24-/m0/s1. The second kappa shape index (κ2) is 9.23. The molecule has 1 amide bonds. The number of amides is 1. The minimum Gasteiger partial charge on any atom is -0.494 e. The monoisotopic (exact) mass is 516 g/mol. The van der Waals surface area contributed by atoms with E-state index in [1.165, 1.54) is 13.2 Å². The van der Waals surface area contributed by atoms with Gasteiger partial charge in [0, 0.05) is 35.2 Å². The Morgan fingerprint density at radius 3 is 2.76 bits per heavy atom. The van der Waals surface area contributed by atoms with Crippen LogP contribution in [-0.2, 0) is 4.79 Å². The Bertz CT molecular complexity index is 1580. The molecular formula is C28H25FN4O3S. The lowest BCUT2D eigenvalue weighted by Gasteiger charge is -2.26. The molecule has 0 aliphatic carbocycles. The fraction of sp³-hybridized carbons (Fsp3) is 0.250. The molecule has 2 aromatic heterocycles. The Balaban J connectivity index is 1.52. The average Bonchev–Trinajstić information content (AvgIpc) is 3.58. The van der Waals surface area contributed by atoms with Crippen LogP contribution < -0.4 is 9.64 Å². The molecule has 0 radical (unpaired) electrons. The van der Waals surface area contributed by atoms with Crippen LogP contribution in [0.1, 0.15) is 36.2 Å². The number of aromatic nitrogens is 3. The molecule has 7 nitrogen and oxygen atoms in total. The Kier molecular flexibility index (Phi) is 5.87. The van der Waals surface area contributed by atoms with Gasteiger partial charge in [0.1, 0.15) is 11.6 Å². The van der Waals surface area contributed by atoms with Crippen molar-refractivity contribution in [2.75, 3.05) is 17.8 Å². The summed E-state index contributed by atoms with van der Waals surface area (Å²) >= 11 is 1.72. The van der Waals surface area contributed by atoms with Gasteiger partial charge in [-0.25, -0.2) is 9.37 Å². The van der Waals surface area contributed by atoms with E-state index < -0.39 is 5.82 Å². The molecule has 0 N–H and O–H groups in total. The number of halogens is 1. The van der Waals surface area contributed by atoms with Crippen LogP contribution in [0, 0.1) is 19.7 Å². The molecule has 0 spiro atoms. The van der Waals surface area contributed by atoms with Crippen molar-refractivity contribution in [3.05, 3.63) is 77.1 Å². The van der Waals surface area contributed by atoms with Gasteiger partial charge < -0.3 is 14.2 Å². The largest absolute Gasteiger partial charge is 0.494 e. The van der Waals surface area contributed by atoms with Gasteiger partial charge in [0.05, 0.1) is 29.9 Å². The fourth-order valence-corrected chi connectivity index (χ4v) is 5.86. The number of ether oxygens (including phenoxy) is 1. The molecule has 37 heavy (non-hydrogen) atoms. The Morgan fingerprint density at radius 1 is 1.19 bits per heavy atom. The number of carbonyl (C=O) groups excluding carboxylic acids is 1. The molecule has 0 saturated carbocycles. The second-order valence-corrected chi connectivity index (χ2v) is 10.0. The number of carbonyl (C=O) groups is 1. The third-order valence-corrected chi connectivity index (χ3v) is 7.60. The van der Waals surface area contributed by atoms with Gasteiger partial charge >= 0.3 is 0 Å². The number of hydrogen-bond donors (Lipinski definition) is 0. The molecule has 6 rings (SSSR count). The highest BCUT2D eigenvalue weighted by molar-refractivity contribution is 8.02. The van der Waals surface area contributed by atoms with E-state index in [-0.39, 0.29) is 17.7 Å². The van der Waals surface area contributed by atoms with Crippen LogP contribution in [0.25, 0.3) is 27.9 Å². The molecule has 1 fully saturated rings. The highest BCUT2D eigenvalue weighted by atomic mass is 32.2. The normalized spacial score (nSPS) is 17.6. The van der Waals surface area contributed by atoms with Gasteiger partial charge in [-0.2, -0.15) is 0 Å². The lowest BCUT2D eigenvalue weighted by Crippen LogP contribution is -2.29. The molecule has 4 aromatic rings. The van der Waals surface area contributed by atoms with E-state index in [9.17, 15) is 9.18 Å². The first-order chi connectivity index (χ1) is 18.0. The van der Waals surface area contributed by atoms with Crippen LogP contribution in [-0.4, -0.2) is 33.5 Å². The second-order valence-electron chi connectivity index (χ2n) is 9.11. The first kappa shape index (κ1) is 23.5. The molecule has 9 heteroatoms. The minimum atomic E-state index is -0.508. The van der Waals surface area contributed by atoms with Crippen LogP contribution in [0.15, 0.2) is 58.5 Å². The summed E-state index contributed by atoms with van der Waals surface area (Å²) in [6.07, 6.45) is 5.16. The number of fused-ring (bicyclic) bond motifs is 1. The molecule has 1 atom stereocenters. The lowest BCUT2D eigenvalue weighted by molar-refractivity contribution is -0.117. The van der Waals surface area contributed by atoms with Crippen molar-refractivity contribution < 1.29 is 18.4 Å². The SMILES string of the molecule is COc1ccc(N2C(=O)CC[C@H]2c2nc3cc(-c4c(C)noc4C)ccc3n2C2=CCSC=C2)cc1F. The predicted molar refractivity (Wildman–Crippen MR) is 143 cm³/mol. The van der Waals surface area contributed by atoms with Gasteiger partial charge in [-0.05, 0) is 67.7 Å². The summed E-state index contributed by atoms with van der Waals surface area (Å²) in [5.74, 6) is 1.91. The van der Waals surface area contributed by atoms with Crippen molar-refractivity contribution >= 4 is 40.1 Å². The molecule has 2 aromatic carbocycles. The maximum Gasteiger partial charge on any atom is 0.227 e. The van der Waals surface area contributed by atoms with Gasteiger partial charge in [0.15, 0.2) is 11.6 Å². The molecule has 2 aliphatic heterocycles. The zero-order valence-corrected chi connectivity index (χ0v) is 21.5. The number of methoxy groups -OCH3 is 1. The highest BCUT2D eigenvalue weighted by Crippen LogP contribution is 2.41. The number of rotatable bonds is 5. The Hall–Kier alpha value is -3.85. The van der Waals surface area contributed by atoms with Gasteiger partial charge in [0.25, 0.3) is 0 Å². The number of nitrogens with zero attached hydrogens (tertiary/aromatic N) is 4. The Labute approximate surface area is 217 Å². The highest BCUT2D eigenvalue weighted by Gasteiger charge is 2.37. The molecule has 2 aliphatic rings. The van der Waals surface area contributed by atoms with Crippen molar-refractivity contribution in [1.82, 2.24) is 14.7 Å². The minimum absolute atomic E-state index is 0.0618. The zero-order valence-electron chi connectivity index (χ0n) is 20.7. The van der Waals surface area contributed by atoms with Gasteiger partial charge in [0.2, 0.25) is 5.91 Å². The molecule has 1 saturated heterocycles. The van der Waals surface area contributed by atoms with Crippen molar-refractivity contribution in [3.63, 3.8) is 0 Å². The molecule has 0 unspecified atom stereocenters. The quantitative estimate of drug-likeness (QED) is 0.305. The van der Waals surface area contributed by atoms with Crippen molar-refractivity contribution in [2.45, 2.75) is 32.7 Å². The smallest absolute Gasteiger partial charge is 0.227 e. The summed E-state index contributed by atoms with van der Waals surface area (Å²) in [6, 6.07) is 10.4. The number of benzene rings is 2. The van der Waals surface area contributed by atoms with Crippen LogP contribution >= 0.6 is 11.8 Å². The van der Waals surface area contributed by atoms with E-state index in [0.29, 0.717) is 18.5 Å². The van der Waals surface area contributed by atoms with E-state index >= 15 is 0 Å². The van der Waals surface area contributed by atoms with E-state index in [2.05, 4.69) is 39.4 Å². The van der Waals surface area contributed by atoms with Crippen LogP contribution in [0.4, 0.5) is 10.1 Å². The van der Waals surface area contributed by atoms with E-state index in [0.717, 1.165) is 50.9 Å². The third kappa shape index (κ3) is 3.94. The van der Waals surface area contributed by atoms with E-state index in [1.54, 1.807) is 28.8 Å². The number of hydrogen-bond acceptors (Lipinski definition) is 6. The summed E-state index contributed by atoms with van der Waals surface area (Å²) in [4.78, 5) is 19.8. The van der Waals surface area contributed by atoms with Crippen LogP contribution in [0.5, 0.6) is 5.75 Å². The molecule has 0 bridgehead atoms. The number of imidazole rings is 1. The zero-order chi connectivity index (χ0) is 25.7. The van der Waals surface area contributed by atoms with E-state index in [1.807, 2.05) is 19.9 Å². The third-order valence-electron chi connectivity index (χ3n) is 6.91. The average molecular weight is 517 g/mol. The summed E-state index contributed by atoms with van der Waals surface area (Å²) in [7, 11) is 1.42. The number of thioether (sulfide) groups is 1. The Morgan fingerprint density at radius 2 is 2.05 bits per heavy atom. The lowest BCUT2D eigenvalue weighted by atomic mass is 10.0. The molecule has 4 heterocycles. The maximum absolute atomic E-state index is 14.6. The molecular weight excluding hydrogens is 491 g/mol. The maximum atomic E-state index is 14.6. The predicted octanol–water partition coefficient (Wildman–Crippen LogP) is 6.43. The number of anilines is 1. The number of aryl methyl sites for hydroxylation is 2. The van der Waals surface area contributed by atoms with Crippen LogP contribution in [0.3, 0.4) is 0 Å². The first-order valence-electron chi connectivity index (χ1n) is 12.1. The summed E-state index contributed by atoms with van der Waals surface area (Å²) in [5, 5.41) is 6.17.